The first kappa shape index (κ1) is 16.0. The van der Waals surface area contributed by atoms with Crippen molar-refractivity contribution in [3.8, 4) is 17.6 Å². The van der Waals surface area contributed by atoms with Gasteiger partial charge in [-0.2, -0.15) is 0 Å². The van der Waals surface area contributed by atoms with Gasteiger partial charge in [-0.1, -0.05) is 36.7 Å². The number of hydrogen-bond acceptors (Lipinski definition) is 2. The lowest BCUT2D eigenvalue weighted by Crippen LogP contribution is -1.86. The molecular formula is C20H16ClN2O+. The second-order valence-electron chi connectivity index (χ2n) is 5.11. The van der Waals surface area contributed by atoms with E-state index in [-0.39, 0.29) is 0 Å². The van der Waals surface area contributed by atoms with Gasteiger partial charge < -0.3 is 4.74 Å². The van der Waals surface area contributed by atoms with E-state index in [1.54, 1.807) is 12.3 Å². The van der Waals surface area contributed by atoms with Crippen LogP contribution in [0.15, 0.2) is 66.9 Å². The first-order chi connectivity index (χ1) is 11.8. The molecule has 0 spiro atoms. The summed E-state index contributed by atoms with van der Waals surface area (Å²) in [5, 5.41) is 0.580. The number of aromatic nitrogens is 1. The highest BCUT2D eigenvalue weighted by Crippen LogP contribution is 2.27. The van der Waals surface area contributed by atoms with E-state index in [1.807, 2.05) is 61.5 Å². The van der Waals surface area contributed by atoms with Crippen molar-refractivity contribution < 1.29 is 4.74 Å². The minimum Gasteiger partial charge on any atom is -0.457 e. The van der Waals surface area contributed by atoms with Gasteiger partial charge in [0.25, 0.3) is 0 Å². The van der Waals surface area contributed by atoms with Crippen LogP contribution in [0.4, 0.5) is 5.69 Å². The van der Waals surface area contributed by atoms with E-state index in [1.165, 1.54) is 0 Å². The number of ether oxygens (including phenoxy) is 1. The molecule has 0 unspecified atom stereocenters. The van der Waals surface area contributed by atoms with Crippen LogP contribution in [-0.4, -0.2) is 4.98 Å². The molecule has 0 aliphatic rings. The first-order valence-corrected chi connectivity index (χ1v) is 8.07. The third-order valence-corrected chi connectivity index (χ3v) is 3.83. The molecule has 0 N–H and O–H groups in total. The average molecular weight is 336 g/mol. The highest BCUT2D eigenvalue weighted by molar-refractivity contribution is 6.33. The Bertz CT molecular complexity index is 881. The molecular weight excluding hydrogens is 320 g/mol. The van der Waals surface area contributed by atoms with Crippen molar-refractivity contribution in [3.63, 3.8) is 0 Å². The van der Waals surface area contributed by atoms with E-state index in [0.29, 0.717) is 10.7 Å². The molecule has 0 aliphatic heterocycles. The third kappa shape index (κ3) is 3.92. The molecule has 0 amide bonds. The van der Waals surface area contributed by atoms with Crippen LogP contribution in [0.1, 0.15) is 18.2 Å². The first-order valence-electron chi connectivity index (χ1n) is 7.69. The van der Waals surface area contributed by atoms with E-state index in [4.69, 9.17) is 16.3 Å². The van der Waals surface area contributed by atoms with Crippen molar-refractivity contribution in [2.45, 2.75) is 13.3 Å². The van der Waals surface area contributed by atoms with Crippen LogP contribution in [-0.2, 0) is 6.42 Å². The van der Waals surface area contributed by atoms with Crippen molar-refractivity contribution in [3.05, 3.63) is 88.0 Å². The van der Waals surface area contributed by atoms with Gasteiger partial charge in [0.05, 0.1) is 5.69 Å². The number of para-hydroxylation sites is 1. The van der Waals surface area contributed by atoms with Crippen LogP contribution < -0.4 is 4.74 Å². The molecule has 1 aromatic heterocycles. The molecule has 0 fully saturated rings. The molecule has 1 heterocycles. The topological polar surface area (TPSA) is 26.5 Å². The number of aryl methyl sites for hydroxylation is 1. The Balaban J connectivity index is 1.76. The van der Waals surface area contributed by atoms with Crippen LogP contribution in [0, 0.1) is 6.07 Å². The average Bonchev–Trinajstić information content (AvgIpc) is 2.63. The summed E-state index contributed by atoms with van der Waals surface area (Å²) in [6, 6.07) is 22.0. The molecule has 0 bridgehead atoms. The monoisotopic (exact) mass is 335 g/mol. The Kier molecular flexibility index (Phi) is 5.10. The summed E-state index contributed by atoms with van der Waals surface area (Å²) in [7, 11) is 0. The molecule has 2 aromatic carbocycles. The molecule has 0 radical (unpaired) electrons. The Morgan fingerprint density at radius 1 is 1.00 bits per heavy atom. The highest BCUT2D eigenvalue weighted by atomic mass is 35.5. The minimum absolute atomic E-state index is 0.580. The molecule has 24 heavy (non-hydrogen) atoms. The van der Waals surface area contributed by atoms with Gasteiger partial charge in [-0.25, -0.2) is 0 Å². The summed E-state index contributed by atoms with van der Waals surface area (Å²) >= 11 is 6.27. The molecule has 0 saturated heterocycles. The van der Waals surface area contributed by atoms with E-state index >= 15 is 0 Å². The van der Waals surface area contributed by atoms with Gasteiger partial charge in [0.15, 0.2) is 5.02 Å². The van der Waals surface area contributed by atoms with Gasteiger partial charge in [0.1, 0.15) is 17.1 Å². The Hall–Kier alpha value is -2.83. The summed E-state index contributed by atoms with van der Waals surface area (Å²) in [6.45, 7) is 2.01. The second-order valence-corrected chi connectivity index (χ2v) is 5.49. The molecule has 0 aliphatic carbocycles. The normalized spacial score (nSPS) is 9.92. The van der Waals surface area contributed by atoms with Crippen molar-refractivity contribution in [1.29, 1.82) is 0 Å². The lowest BCUT2D eigenvalue weighted by molar-refractivity contribution is 0.482. The molecule has 3 aromatic rings. The molecule has 0 atom stereocenters. The van der Waals surface area contributed by atoms with Gasteiger partial charge in [-0.3, -0.25) is 4.98 Å². The van der Waals surface area contributed by atoms with Crippen LogP contribution in [0.2, 0.25) is 5.02 Å². The molecule has 3 nitrogen and oxygen atoms in total. The van der Waals surface area contributed by atoms with Crippen LogP contribution in [0.25, 0.3) is 4.85 Å². The number of nitrogens with zero attached hydrogens (tertiary/aromatic N) is 2. The maximum atomic E-state index is 6.27. The largest absolute Gasteiger partial charge is 0.457 e. The summed E-state index contributed by atoms with van der Waals surface area (Å²) < 4.78 is 5.76. The van der Waals surface area contributed by atoms with Crippen molar-refractivity contribution >= 4 is 17.3 Å². The van der Waals surface area contributed by atoms with Crippen LogP contribution in [0.5, 0.6) is 11.5 Å². The number of hydrogen-bond donors (Lipinski definition) is 0. The summed E-state index contributed by atoms with van der Waals surface area (Å²) in [5.74, 6) is 1.57. The van der Waals surface area contributed by atoms with E-state index in [9.17, 15) is 0 Å². The number of pyridine rings is 1. The summed E-state index contributed by atoms with van der Waals surface area (Å²) in [4.78, 5) is 8.56. The SMILES string of the molecule is CCc1nccc([N+]#Cc2ccc(Oc3ccccc3)cc2)c1Cl. The van der Waals surface area contributed by atoms with Crippen LogP contribution >= 0.6 is 11.6 Å². The Morgan fingerprint density at radius 3 is 2.42 bits per heavy atom. The third-order valence-electron chi connectivity index (χ3n) is 3.41. The smallest absolute Gasteiger partial charge is 0.362 e. The molecule has 3 rings (SSSR count). The summed E-state index contributed by atoms with van der Waals surface area (Å²) in [6.07, 6.45) is 2.48. The summed E-state index contributed by atoms with van der Waals surface area (Å²) in [5.41, 5.74) is 2.36. The number of benzene rings is 2. The lowest BCUT2D eigenvalue weighted by Gasteiger charge is -2.04. The predicted octanol–water partition coefficient (Wildman–Crippen LogP) is 6.10. The molecule has 118 valence electrons. The zero-order valence-electron chi connectivity index (χ0n) is 13.2. The predicted molar refractivity (Wildman–Crippen MR) is 97.6 cm³/mol. The van der Waals surface area contributed by atoms with Crippen LogP contribution in [0.3, 0.4) is 0 Å². The molecule has 0 saturated carbocycles. The van der Waals surface area contributed by atoms with Gasteiger partial charge >= 0.3 is 11.8 Å². The van der Waals surface area contributed by atoms with Gasteiger partial charge in [-0.05, 0) is 47.7 Å². The fourth-order valence-electron chi connectivity index (χ4n) is 2.16. The maximum absolute atomic E-state index is 6.27. The zero-order chi connectivity index (χ0) is 16.8. The Morgan fingerprint density at radius 2 is 1.71 bits per heavy atom. The van der Waals surface area contributed by atoms with Crippen molar-refractivity contribution in [2.75, 3.05) is 0 Å². The fraction of sp³-hybridized carbons (Fsp3) is 0.100. The van der Waals surface area contributed by atoms with Gasteiger partial charge in [0, 0.05) is 12.3 Å². The van der Waals surface area contributed by atoms with E-state index < -0.39 is 0 Å². The zero-order valence-corrected chi connectivity index (χ0v) is 14.0. The standard InChI is InChI=1S/C20H16ClN2O/c1-2-18-20(21)19(12-13-22-18)23-14-15-8-10-17(11-9-15)24-16-6-4-3-5-7-16/h3-13H,2H2,1H3/q+1. The molecule has 4 heteroatoms. The van der Waals surface area contributed by atoms with Gasteiger partial charge in [-0.15, -0.1) is 0 Å². The highest BCUT2D eigenvalue weighted by Gasteiger charge is 2.13. The van der Waals surface area contributed by atoms with Crippen molar-refractivity contribution in [1.82, 2.24) is 4.98 Å². The van der Waals surface area contributed by atoms with Crippen molar-refractivity contribution in [2.24, 2.45) is 0 Å². The Labute approximate surface area is 146 Å². The van der Waals surface area contributed by atoms with E-state index in [2.05, 4.69) is 15.9 Å². The van der Waals surface area contributed by atoms with Gasteiger partial charge in [0.2, 0.25) is 0 Å². The van der Waals surface area contributed by atoms with E-state index in [0.717, 1.165) is 29.2 Å². The lowest BCUT2D eigenvalue weighted by atomic mass is 10.2. The minimum atomic E-state index is 0.580. The fourth-order valence-corrected chi connectivity index (χ4v) is 2.44. The maximum Gasteiger partial charge on any atom is 0.362 e. The quantitative estimate of drug-likeness (QED) is 0.578. The number of rotatable bonds is 3. The second kappa shape index (κ2) is 7.63. The number of halogens is 1.